The summed E-state index contributed by atoms with van der Waals surface area (Å²) in [4.78, 5) is 10.9. The van der Waals surface area contributed by atoms with Gasteiger partial charge in [0, 0.05) is 14.9 Å². The summed E-state index contributed by atoms with van der Waals surface area (Å²) in [5.74, 6) is -0.675. The number of benzene rings is 1. The Balaban J connectivity index is 0.000000845. The minimum absolute atomic E-state index is 0. The largest absolute Gasteiger partial charge is 1.00 e. The molecule has 62 valence electrons. The van der Waals surface area contributed by atoms with Gasteiger partial charge in [0.25, 0.3) is 5.91 Å². The Labute approximate surface area is 97.6 Å². The molecule has 0 fully saturated rings. The predicted octanol–water partition coefficient (Wildman–Crippen LogP) is -2.20. The summed E-state index contributed by atoms with van der Waals surface area (Å²) in [6.07, 6.45) is 0. The SMILES string of the molecule is O=C1N=S(=O)([O-])c2ccccc21.[Na+]. The molecule has 0 aliphatic carbocycles. The summed E-state index contributed by atoms with van der Waals surface area (Å²) in [6.45, 7) is 0. The molecule has 0 saturated heterocycles. The minimum Gasteiger partial charge on any atom is -0.760 e. The quantitative estimate of drug-likeness (QED) is 0.451. The van der Waals surface area contributed by atoms with E-state index in [2.05, 4.69) is 4.36 Å². The van der Waals surface area contributed by atoms with Gasteiger partial charge in [0.1, 0.15) is 0 Å². The summed E-state index contributed by atoms with van der Waals surface area (Å²) in [5.41, 5.74) is 0.164. The first-order valence-corrected chi connectivity index (χ1v) is 4.67. The predicted molar refractivity (Wildman–Crippen MR) is 40.4 cm³/mol. The number of carbonyl (C=O) groups is 1. The van der Waals surface area contributed by atoms with Gasteiger partial charge in [0.2, 0.25) is 0 Å². The second-order valence-electron chi connectivity index (χ2n) is 2.37. The van der Waals surface area contributed by atoms with E-state index in [1.807, 2.05) is 0 Å². The van der Waals surface area contributed by atoms with Gasteiger partial charge in [-0.2, -0.15) is 4.36 Å². The van der Waals surface area contributed by atoms with Gasteiger partial charge < -0.3 is 4.55 Å². The number of hydrogen-bond acceptors (Lipinski definition) is 3. The van der Waals surface area contributed by atoms with Crippen LogP contribution in [0.3, 0.4) is 0 Å². The van der Waals surface area contributed by atoms with Crippen molar-refractivity contribution >= 4 is 15.9 Å². The molecule has 1 unspecified atom stereocenters. The van der Waals surface area contributed by atoms with Gasteiger partial charge >= 0.3 is 29.6 Å². The zero-order valence-electron chi connectivity index (χ0n) is 6.89. The van der Waals surface area contributed by atoms with Crippen molar-refractivity contribution in [3.63, 3.8) is 0 Å². The van der Waals surface area contributed by atoms with Gasteiger partial charge in [-0.3, -0.25) is 9.00 Å². The van der Waals surface area contributed by atoms with Crippen LogP contribution in [0.2, 0.25) is 0 Å². The number of fused-ring (bicyclic) bond motifs is 1. The number of nitrogens with zero attached hydrogens (tertiary/aromatic N) is 1. The van der Waals surface area contributed by atoms with Crippen LogP contribution in [0, 0.1) is 0 Å². The third-order valence-electron chi connectivity index (χ3n) is 1.60. The van der Waals surface area contributed by atoms with Crippen molar-refractivity contribution < 1.29 is 43.1 Å². The summed E-state index contributed by atoms with van der Waals surface area (Å²) in [6, 6.07) is 5.99. The Morgan fingerprint density at radius 2 is 1.92 bits per heavy atom. The number of amides is 1. The van der Waals surface area contributed by atoms with Crippen LogP contribution in [0.1, 0.15) is 10.4 Å². The van der Waals surface area contributed by atoms with E-state index in [-0.39, 0.29) is 40.0 Å². The normalized spacial score (nSPS) is 24.5. The topological polar surface area (TPSA) is 69.6 Å². The Morgan fingerprint density at radius 3 is 2.54 bits per heavy atom. The van der Waals surface area contributed by atoms with E-state index in [1.165, 1.54) is 12.1 Å². The fourth-order valence-corrected chi connectivity index (χ4v) is 2.17. The van der Waals surface area contributed by atoms with E-state index >= 15 is 0 Å². The van der Waals surface area contributed by atoms with Crippen LogP contribution in [-0.4, -0.2) is 14.7 Å². The standard InChI is InChI=1S/C7H5NO3S.Na/c9-7-5-3-1-2-4-6(5)12(10,11)8-7;/h1-4H,(H,8,9,10,11);/q;+1/p-1. The molecule has 0 N–H and O–H groups in total. The third-order valence-corrected chi connectivity index (χ3v) is 2.92. The minimum atomic E-state index is -3.68. The van der Waals surface area contributed by atoms with E-state index in [1.54, 1.807) is 12.1 Å². The first-order chi connectivity index (χ1) is 5.61. The zero-order valence-corrected chi connectivity index (χ0v) is 9.71. The first kappa shape index (κ1) is 10.9. The Kier molecular flexibility index (Phi) is 2.94. The van der Waals surface area contributed by atoms with Gasteiger partial charge in [0.15, 0.2) is 0 Å². The van der Waals surface area contributed by atoms with Crippen molar-refractivity contribution in [1.29, 1.82) is 0 Å². The van der Waals surface area contributed by atoms with Crippen LogP contribution < -0.4 is 29.6 Å². The monoisotopic (exact) mass is 205 g/mol. The molecule has 4 nitrogen and oxygen atoms in total. The summed E-state index contributed by atoms with van der Waals surface area (Å²) < 4.78 is 25.2. The summed E-state index contributed by atoms with van der Waals surface area (Å²) in [7, 11) is -3.68. The maximum atomic E-state index is 11.1. The van der Waals surface area contributed by atoms with Crippen LogP contribution in [0.15, 0.2) is 33.5 Å². The van der Waals surface area contributed by atoms with Crippen LogP contribution in [0.4, 0.5) is 0 Å². The maximum Gasteiger partial charge on any atom is 1.00 e. The first-order valence-electron chi connectivity index (χ1n) is 3.23. The molecule has 0 radical (unpaired) electrons. The molecule has 0 saturated carbocycles. The molecular weight excluding hydrogens is 201 g/mol. The maximum absolute atomic E-state index is 11.1. The van der Waals surface area contributed by atoms with E-state index in [9.17, 15) is 13.6 Å². The Morgan fingerprint density at radius 1 is 1.31 bits per heavy atom. The molecule has 1 amide bonds. The van der Waals surface area contributed by atoms with Crippen LogP contribution in [-0.2, 0) is 10.0 Å². The summed E-state index contributed by atoms with van der Waals surface area (Å²) >= 11 is 0. The molecule has 0 bridgehead atoms. The third kappa shape index (κ3) is 1.70. The second-order valence-corrected chi connectivity index (χ2v) is 3.94. The molecule has 0 aromatic heterocycles. The molecule has 1 aliphatic rings. The molecule has 13 heavy (non-hydrogen) atoms. The van der Waals surface area contributed by atoms with Crippen LogP contribution in [0.25, 0.3) is 0 Å². The Bertz CT molecular complexity index is 476. The molecular formula is C7H4NNaO3S. The zero-order chi connectivity index (χ0) is 8.77. The van der Waals surface area contributed by atoms with Crippen molar-refractivity contribution in [2.24, 2.45) is 4.36 Å². The summed E-state index contributed by atoms with van der Waals surface area (Å²) in [5, 5.41) is 0. The molecule has 6 heteroatoms. The molecule has 1 aliphatic heterocycles. The van der Waals surface area contributed by atoms with E-state index in [0.29, 0.717) is 0 Å². The fourth-order valence-electron chi connectivity index (χ4n) is 1.08. The molecule has 1 heterocycles. The molecule has 1 aromatic carbocycles. The number of carbonyl (C=O) groups excluding carboxylic acids is 1. The van der Waals surface area contributed by atoms with Crippen molar-refractivity contribution in [1.82, 2.24) is 0 Å². The molecule has 0 spiro atoms. The smallest absolute Gasteiger partial charge is 0.760 e. The van der Waals surface area contributed by atoms with Gasteiger partial charge in [-0.25, -0.2) is 0 Å². The van der Waals surface area contributed by atoms with Crippen molar-refractivity contribution in [3.05, 3.63) is 29.8 Å². The van der Waals surface area contributed by atoms with Crippen LogP contribution in [0.5, 0.6) is 0 Å². The Hall–Kier alpha value is -0.200. The van der Waals surface area contributed by atoms with Crippen LogP contribution >= 0.6 is 0 Å². The van der Waals surface area contributed by atoms with Crippen molar-refractivity contribution in [2.75, 3.05) is 0 Å². The van der Waals surface area contributed by atoms with Gasteiger partial charge in [-0.1, -0.05) is 12.1 Å². The molecule has 1 aromatic rings. The van der Waals surface area contributed by atoms with E-state index in [0.717, 1.165) is 0 Å². The molecule has 2 rings (SSSR count). The van der Waals surface area contributed by atoms with E-state index in [4.69, 9.17) is 0 Å². The van der Waals surface area contributed by atoms with Gasteiger partial charge in [-0.15, -0.1) is 0 Å². The van der Waals surface area contributed by atoms with Crippen molar-refractivity contribution in [2.45, 2.75) is 4.90 Å². The average Bonchev–Trinajstić information content (AvgIpc) is 2.25. The number of rotatable bonds is 0. The second kappa shape index (κ2) is 3.51. The average molecular weight is 205 g/mol. The number of hydrogen-bond donors (Lipinski definition) is 0. The van der Waals surface area contributed by atoms with Gasteiger partial charge in [0.05, 0.1) is 5.56 Å². The fraction of sp³-hybridized carbons (Fsp3) is 0. The van der Waals surface area contributed by atoms with E-state index < -0.39 is 15.9 Å². The van der Waals surface area contributed by atoms with Crippen molar-refractivity contribution in [3.8, 4) is 0 Å². The van der Waals surface area contributed by atoms with Gasteiger partial charge in [-0.05, 0) is 12.1 Å². The molecule has 1 atom stereocenters.